The molecule has 31 heavy (non-hydrogen) atoms. The van der Waals surface area contributed by atoms with Crippen molar-refractivity contribution in [3.8, 4) is 5.69 Å². The first-order chi connectivity index (χ1) is 15.1. The molecule has 154 valence electrons. The molecule has 0 radical (unpaired) electrons. The Kier molecular flexibility index (Phi) is 5.70. The Morgan fingerprint density at radius 2 is 1.32 bits per heavy atom. The lowest BCUT2D eigenvalue weighted by Crippen LogP contribution is -2.19. The fourth-order valence-corrected chi connectivity index (χ4v) is 3.03. The van der Waals surface area contributed by atoms with Gasteiger partial charge in [0.25, 0.3) is 5.91 Å². The molecule has 0 aliphatic carbocycles. The number of anilines is 3. The van der Waals surface area contributed by atoms with Crippen LogP contribution in [-0.2, 0) is 0 Å². The molecule has 0 spiro atoms. The second-order valence-corrected chi connectivity index (χ2v) is 6.75. The Balaban J connectivity index is 1.44. The van der Waals surface area contributed by atoms with Gasteiger partial charge in [-0.3, -0.25) is 4.79 Å². The molecule has 0 unspecified atom stereocenters. The lowest BCUT2D eigenvalue weighted by atomic mass is 10.2. The largest absolute Gasteiger partial charge is 0.323 e. The van der Waals surface area contributed by atoms with Gasteiger partial charge >= 0.3 is 6.03 Å². The fraction of sp³-hybridized carbons (Fsp3) is 0.0435. The molecule has 4 aromatic rings. The first-order valence-corrected chi connectivity index (χ1v) is 9.62. The van der Waals surface area contributed by atoms with Gasteiger partial charge in [-0.15, -0.1) is 5.10 Å². The molecule has 0 aliphatic heterocycles. The maximum atomic E-state index is 12.7. The van der Waals surface area contributed by atoms with Crippen LogP contribution in [-0.4, -0.2) is 26.9 Å². The van der Waals surface area contributed by atoms with Crippen molar-refractivity contribution < 1.29 is 9.59 Å². The fourth-order valence-electron chi connectivity index (χ4n) is 3.03. The average Bonchev–Trinajstić information content (AvgIpc) is 3.16. The van der Waals surface area contributed by atoms with Crippen molar-refractivity contribution in [1.82, 2.24) is 15.0 Å². The SMILES string of the molecule is Cc1c(C(=O)Nc2cccc(NC(=O)Nc3ccccc3)c2)nnn1-c1ccccc1. The summed E-state index contributed by atoms with van der Waals surface area (Å²) in [6.45, 7) is 1.79. The van der Waals surface area contributed by atoms with Crippen LogP contribution in [0.4, 0.5) is 21.9 Å². The minimum Gasteiger partial charge on any atom is -0.320 e. The molecule has 3 N–H and O–H groups in total. The lowest BCUT2D eigenvalue weighted by molar-refractivity contribution is 0.102. The van der Waals surface area contributed by atoms with E-state index < -0.39 is 0 Å². The molecule has 3 amide bonds. The molecule has 0 bridgehead atoms. The Labute approximate surface area is 178 Å². The molecule has 1 aromatic heterocycles. The summed E-state index contributed by atoms with van der Waals surface area (Å²) in [6, 6.07) is 25.1. The number of urea groups is 1. The molecule has 0 saturated heterocycles. The van der Waals surface area contributed by atoms with E-state index in [-0.39, 0.29) is 17.6 Å². The van der Waals surface area contributed by atoms with E-state index in [0.29, 0.717) is 22.8 Å². The van der Waals surface area contributed by atoms with E-state index in [4.69, 9.17) is 0 Å². The second kappa shape index (κ2) is 8.91. The molecular formula is C23H20N6O2. The molecular weight excluding hydrogens is 392 g/mol. The van der Waals surface area contributed by atoms with Crippen molar-refractivity contribution in [3.63, 3.8) is 0 Å². The summed E-state index contributed by atoms with van der Waals surface area (Å²) in [5.74, 6) is -0.384. The van der Waals surface area contributed by atoms with Crippen molar-refractivity contribution in [2.45, 2.75) is 6.92 Å². The summed E-state index contributed by atoms with van der Waals surface area (Å²) in [5.41, 5.74) is 3.42. The van der Waals surface area contributed by atoms with Crippen molar-refractivity contribution in [1.29, 1.82) is 0 Å². The third-order valence-corrected chi connectivity index (χ3v) is 4.52. The standard InChI is InChI=1S/C23H20N6O2/c1-16-21(27-28-29(16)20-13-6-3-7-14-20)22(30)24-18-11-8-12-19(15-18)26-23(31)25-17-9-4-2-5-10-17/h2-15H,1H3,(H,24,30)(H2,25,26,31). The van der Waals surface area contributed by atoms with E-state index in [1.165, 1.54) is 0 Å². The third kappa shape index (κ3) is 4.76. The van der Waals surface area contributed by atoms with Crippen molar-refractivity contribution >= 4 is 29.0 Å². The van der Waals surface area contributed by atoms with Crippen LogP contribution in [0.5, 0.6) is 0 Å². The van der Waals surface area contributed by atoms with Crippen LogP contribution < -0.4 is 16.0 Å². The van der Waals surface area contributed by atoms with Crippen LogP contribution in [0, 0.1) is 6.92 Å². The quantitative estimate of drug-likeness (QED) is 0.450. The van der Waals surface area contributed by atoms with Crippen LogP contribution in [0.1, 0.15) is 16.2 Å². The van der Waals surface area contributed by atoms with Gasteiger partial charge in [-0.05, 0) is 49.4 Å². The number of amides is 3. The molecule has 0 aliphatic rings. The maximum Gasteiger partial charge on any atom is 0.323 e. The summed E-state index contributed by atoms with van der Waals surface area (Å²) in [7, 11) is 0. The highest BCUT2D eigenvalue weighted by molar-refractivity contribution is 6.04. The van der Waals surface area contributed by atoms with Gasteiger partial charge in [0.15, 0.2) is 5.69 Å². The number of nitrogens with zero attached hydrogens (tertiary/aromatic N) is 3. The second-order valence-electron chi connectivity index (χ2n) is 6.75. The van der Waals surface area contributed by atoms with Crippen molar-refractivity contribution in [3.05, 3.63) is 96.3 Å². The van der Waals surface area contributed by atoms with Crippen LogP contribution in [0.2, 0.25) is 0 Å². The van der Waals surface area contributed by atoms with Crippen LogP contribution in [0.15, 0.2) is 84.9 Å². The number of para-hydroxylation sites is 2. The Hall–Kier alpha value is -4.46. The summed E-state index contributed by atoms with van der Waals surface area (Å²) < 4.78 is 1.61. The average molecular weight is 412 g/mol. The molecule has 0 atom stereocenters. The van der Waals surface area contributed by atoms with Crippen LogP contribution >= 0.6 is 0 Å². The maximum absolute atomic E-state index is 12.7. The van der Waals surface area contributed by atoms with E-state index >= 15 is 0 Å². The molecule has 4 rings (SSSR count). The molecule has 8 nitrogen and oxygen atoms in total. The minimum atomic E-state index is -0.384. The molecule has 0 saturated carbocycles. The van der Waals surface area contributed by atoms with E-state index in [9.17, 15) is 9.59 Å². The zero-order valence-corrected chi connectivity index (χ0v) is 16.7. The van der Waals surface area contributed by atoms with E-state index in [1.54, 1.807) is 48.0 Å². The minimum absolute atomic E-state index is 0.226. The first-order valence-electron chi connectivity index (χ1n) is 9.62. The van der Waals surface area contributed by atoms with Crippen molar-refractivity contribution in [2.24, 2.45) is 0 Å². The van der Waals surface area contributed by atoms with Gasteiger partial charge in [0.05, 0.1) is 11.4 Å². The summed E-state index contributed by atoms with van der Waals surface area (Å²) in [4.78, 5) is 24.9. The van der Waals surface area contributed by atoms with Gasteiger partial charge in [-0.2, -0.15) is 0 Å². The predicted molar refractivity (Wildman–Crippen MR) is 120 cm³/mol. The normalized spacial score (nSPS) is 10.4. The molecule has 3 aromatic carbocycles. The van der Waals surface area contributed by atoms with E-state index in [2.05, 4.69) is 26.3 Å². The van der Waals surface area contributed by atoms with Gasteiger partial charge in [0.1, 0.15) is 0 Å². The number of carbonyl (C=O) groups excluding carboxylic acids is 2. The van der Waals surface area contributed by atoms with E-state index in [1.807, 2.05) is 48.5 Å². The number of hydrogen-bond acceptors (Lipinski definition) is 4. The Morgan fingerprint density at radius 1 is 0.742 bits per heavy atom. The topological polar surface area (TPSA) is 101 Å². The molecule has 0 fully saturated rings. The third-order valence-electron chi connectivity index (χ3n) is 4.52. The van der Waals surface area contributed by atoms with Crippen LogP contribution in [0.3, 0.4) is 0 Å². The van der Waals surface area contributed by atoms with Gasteiger partial charge in [0.2, 0.25) is 0 Å². The van der Waals surface area contributed by atoms with E-state index in [0.717, 1.165) is 5.69 Å². The number of nitrogens with one attached hydrogen (secondary N) is 3. The van der Waals surface area contributed by atoms with Gasteiger partial charge in [-0.25, -0.2) is 9.48 Å². The number of hydrogen-bond donors (Lipinski definition) is 3. The number of carbonyl (C=O) groups is 2. The zero-order chi connectivity index (χ0) is 21.6. The van der Waals surface area contributed by atoms with Crippen molar-refractivity contribution in [2.75, 3.05) is 16.0 Å². The monoisotopic (exact) mass is 412 g/mol. The number of benzene rings is 3. The summed E-state index contributed by atoms with van der Waals surface area (Å²) in [6.07, 6.45) is 0. The highest BCUT2D eigenvalue weighted by atomic mass is 16.2. The lowest BCUT2D eigenvalue weighted by Gasteiger charge is -2.10. The van der Waals surface area contributed by atoms with Gasteiger partial charge < -0.3 is 16.0 Å². The highest BCUT2D eigenvalue weighted by Gasteiger charge is 2.17. The Morgan fingerprint density at radius 3 is 2.03 bits per heavy atom. The predicted octanol–water partition coefficient (Wildman–Crippen LogP) is 4.47. The highest BCUT2D eigenvalue weighted by Crippen LogP contribution is 2.18. The summed E-state index contributed by atoms with van der Waals surface area (Å²) in [5, 5.41) is 16.4. The zero-order valence-electron chi connectivity index (χ0n) is 16.7. The first kappa shape index (κ1) is 19.8. The van der Waals surface area contributed by atoms with Gasteiger partial charge in [-0.1, -0.05) is 47.7 Å². The molecule has 8 heteroatoms. The smallest absolute Gasteiger partial charge is 0.320 e. The molecule has 1 heterocycles. The Bertz CT molecular complexity index is 1210. The number of aromatic nitrogens is 3. The number of rotatable bonds is 5. The van der Waals surface area contributed by atoms with Crippen LogP contribution in [0.25, 0.3) is 5.69 Å². The summed E-state index contributed by atoms with van der Waals surface area (Å²) >= 11 is 0. The van der Waals surface area contributed by atoms with Gasteiger partial charge in [0, 0.05) is 17.1 Å².